The summed E-state index contributed by atoms with van der Waals surface area (Å²) in [5.74, 6) is 0.404. The summed E-state index contributed by atoms with van der Waals surface area (Å²) in [5.41, 5.74) is 1.32. The van der Waals surface area contributed by atoms with Gasteiger partial charge in [0.05, 0.1) is 28.4 Å². The van der Waals surface area contributed by atoms with Gasteiger partial charge >= 0.3 is 0 Å². The quantitative estimate of drug-likeness (QED) is 0.203. The second-order valence-electron chi connectivity index (χ2n) is 8.21. The molecule has 0 aromatic heterocycles. The first kappa shape index (κ1) is 29.9. The molecule has 0 fully saturated rings. The second-order valence-corrected chi connectivity index (χ2v) is 8.21. The van der Waals surface area contributed by atoms with Crippen LogP contribution in [0.2, 0.25) is 0 Å². The molecule has 0 saturated heterocycles. The van der Waals surface area contributed by atoms with E-state index in [4.69, 9.17) is 18.9 Å². The number of benzene rings is 2. The number of rotatable bonds is 15. The van der Waals surface area contributed by atoms with Crippen LogP contribution in [0.4, 0.5) is 0 Å². The van der Waals surface area contributed by atoms with E-state index in [0.29, 0.717) is 24.2 Å². The second kappa shape index (κ2) is 15.7. The summed E-state index contributed by atoms with van der Waals surface area (Å²) >= 11 is 0. The van der Waals surface area contributed by atoms with E-state index in [1.54, 1.807) is 36.4 Å². The summed E-state index contributed by atoms with van der Waals surface area (Å²) in [5, 5.41) is 25.6. The monoisotopic (exact) mass is 528 g/mol. The van der Waals surface area contributed by atoms with Crippen LogP contribution in [0.3, 0.4) is 0 Å². The lowest BCUT2D eigenvalue weighted by molar-refractivity contribution is -0.117. The number of phenolic OH excluding ortho intramolecular Hbond substituents is 2. The summed E-state index contributed by atoms with van der Waals surface area (Å²) in [6.45, 7) is 1.08. The van der Waals surface area contributed by atoms with E-state index in [9.17, 15) is 19.8 Å². The van der Waals surface area contributed by atoms with E-state index < -0.39 is 0 Å². The number of carbonyl (C=O) groups excluding carboxylic acids is 2. The van der Waals surface area contributed by atoms with Crippen LogP contribution in [0.15, 0.2) is 36.4 Å². The van der Waals surface area contributed by atoms with Gasteiger partial charge < -0.3 is 39.8 Å². The minimum Gasteiger partial charge on any atom is -0.502 e. The molecule has 2 aromatic rings. The number of hydrogen-bond acceptors (Lipinski definition) is 8. The Balaban J connectivity index is 1.63. The van der Waals surface area contributed by atoms with Gasteiger partial charge in [-0.3, -0.25) is 9.59 Å². The molecule has 0 aliphatic carbocycles. The molecule has 2 amide bonds. The molecule has 0 atom stereocenters. The fourth-order valence-electron chi connectivity index (χ4n) is 3.51. The van der Waals surface area contributed by atoms with Gasteiger partial charge in [-0.2, -0.15) is 0 Å². The predicted octanol–water partition coefficient (Wildman–Crippen LogP) is 3.65. The zero-order valence-electron chi connectivity index (χ0n) is 22.2. The summed E-state index contributed by atoms with van der Waals surface area (Å²) in [6, 6.07) is 6.44. The van der Waals surface area contributed by atoms with Crippen molar-refractivity contribution in [3.8, 4) is 34.5 Å². The molecule has 0 heterocycles. The molecule has 10 heteroatoms. The van der Waals surface area contributed by atoms with Crippen molar-refractivity contribution in [1.82, 2.24) is 10.6 Å². The Hall–Kier alpha value is -4.34. The molecule has 0 spiro atoms. The Bertz CT molecular complexity index is 1000. The van der Waals surface area contributed by atoms with Gasteiger partial charge in [0.2, 0.25) is 23.3 Å². The third kappa shape index (κ3) is 9.27. The number of ether oxygens (including phenoxy) is 4. The molecule has 0 aliphatic heterocycles. The average molecular weight is 529 g/mol. The molecule has 0 aliphatic rings. The fourth-order valence-corrected chi connectivity index (χ4v) is 3.51. The highest BCUT2D eigenvalue weighted by molar-refractivity contribution is 5.92. The van der Waals surface area contributed by atoms with Crippen molar-refractivity contribution in [2.75, 3.05) is 41.5 Å². The number of hydrogen-bond donors (Lipinski definition) is 4. The molecule has 0 bridgehead atoms. The van der Waals surface area contributed by atoms with Crippen molar-refractivity contribution < 1.29 is 38.7 Å². The van der Waals surface area contributed by atoms with E-state index in [1.165, 1.54) is 40.6 Å². The van der Waals surface area contributed by atoms with Crippen LogP contribution in [-0.4, -0.2) is 63.6 Å². The summed E-state index contributed by atoms with van der Waals surface area (Å²) in [7, 11) is 5.76. The summed E-state index contributed by atoms with van der Waals surface area (Å²) in [6.07, 6.45) is 9.52. The highest BCUT2D eigenvalue weighted by Gasteiger charge is 2.11. The lowest BCUT2D eigenvalue weighted by atomic mass is 10.1. The Morgan fingerprint density at radius 3 is 1.24 bits per heavy atom. The number of carbonyl (C=O) groups is 2. The maximum atomic E-state index is 12.1. The maximum Gasteiger partial charge on any atom is 0.243 e. The first-order valence-corrected chi connectivity index (χ1v) is 12.1. The van der Waals surface area contributed by atoms with Gasteiger partial charge in [0.25, 0.3) is 0 Å². The molecule has 0 saturated carbocycles. The van der Waals surface area contributed by atoms with Gasteiger partial charge in [-0.1, -0.05) is 12.8 Å². The first-order chi connectivity index (χ1) is 18.3. The number of aromatic hydroxyl groups is 2. The van der Waals surface area contributed by atoms with Crippen LogP contribution in [0.1, 0.15) is 36.8 Å². The van der Waals surface area contributed by atoms with E-state index >= 15 is 0 Å². The topological polar surface area (TPSA) is 136 Å². The van der Waals surface area contributed by atoms with Gasteiger partial charge in [0.15, 0.2) is 23.0 Å². The number of nitrogens with one attached hydrogen (secondary N) is 2. The maximum absolute atomic E-state index is 12.1. The molecular weight excluding hydrogens is 492 g/mol. The Morgan fingerprint density at radius 1 is 0.632 bits per heavy atom. The van der Waals surface area contributed by atoms with Crippen molar-refractivity contribution in [1.29, 1.82) is 0 Å². The van der Waals surface area contributed by atoms with E-state index in [0.717, 1.165) is 25.7 Å². The number of methoxy groups -OCH3 is 4. The van der Waals surface area contributed by atoms with Gasteiger partial charge in [-0.05, 0) is 60.4 Å². The van der Waals surface area contributed by atoms with E-state index in [1.807, 2.05) is 0 Å². The molecule has 38 heavy (non-hydrogen) atoms. The molecule has 0 radical (unpaired) electrons. The third-order valence-corrected chi connectivity index (χ3v) is 5.56. The van der Waals surface area contributed by atoms with Crippen molar-refractivity contribution in [3.05, 3.63) is 47.5 Å². The van der Waals surface area contributed by atoms with Gasteiger partial charge in [-0.15, -0.1) is 0 Å². The highest BCUT2D eigenvalue weighted by Crippen LogP contribution is 2.38. The Morgan fingerprint density at radius 2 is 0.947 bits per heavy atom. The van der Waals surface area contributed by atoms with Crippen LogP contribution in [0.5, 0.6) is 34.5 Å². The zero-order chi connectivity index (χ0) is 27.9. The molecular formula is C28H36N2O8. The van der Waals surface area contributed by atoms with Gasteiger partial charge in [0.1, 0.15) is 0 Å². The van der Waals surface area contributed by atoms with Crippen LogP contribution in [0.25, 0.3) is 12.2 Å². The predicted molar refractivity (Wildman–Crippen MR) is 145 cm³/mol. The average Bonchev–Trinajstić information content (AvgIpc) is 2.93. The van der Waals surface area contributed by atoms with Crippen LogP contribution >= 0.6 is 0 Å². The largest absolute Gasteiger partial charge is 0.502 e. The normalized spacial score (nSPS) is 10.9. The molecule has 2 aromatic carbocycles. The van der Waals surface area contributed by atoms with Crippen LogP contribution in [0, 0.1) is 0 Å². The van der Waals surface area contributed by atoms with Gasteiger partial charge in [0, 0.05) is 25.2 Å². The summed E-state index contributed by atoms with van der Waals surface area (Å²) < 4.78 is 20.4. The van der Waals surface area contributed by atoms with Gasteiger partial charge in [-0.25, -0.2) is 0 Å². The third-order valence-electron chi connectivity index (χ3n) is 5.56. The number of unbranched alkanes of at least 4 members (excludes halogenated alkanes) is 3. The zero-order valence-corrected chi connectivity index (χ0v) is 22.2. The van der Waals surface area contributed by atoms with E-state index in [2.05, 4.69) is 10.6 Å². The first-order valence-electron chi connectivity index (χ1n) is 12.1. The van der Waals surface area contributed by atoms with Crippen molar-refractivity contribution in [3.63, 3.8) is 0 Å². The molecule has 10 nitrogen and oxygen atoms in total. The molecule has 4 N–H and O–H groups in total. The Kier molecular flexibility index (Phi) is 12.4. The standard InChI is InChI=1S/C28H36N2O8/c1-35-21-15-19(16-22(36-2)27(21)33)9-11-25(31)29-13-7-5-6-8-14-30-26(32)12-10-20-17-23(37-3)28(34)24(18-20)38-4/h9-12,15-18,33-34H,5-8,13-14H2,1-4H3,(H,29,31)(H,30,32)/b11-9+,12-10+. The lowest BCUT2D eigenvalue weighted by Gasteiger charge is -2.09. The van der Waals surface area contributed by atoms with Crippen molar-refractivity contribution >= 4 is 24.0 Å². The van der Waals surface area contributed by atoms with Crippen molar-refractivity contribution in [2.45, 2.75) is 25.7 Å². The molecule has 2 rings (SSSR count). The van der Waals surface area contributed by atoms with Crippen molar-refractivity contribution in [2.24, 2.45) is 0 Å². The highest BCUT2D eigenvalue weighted by atomic mass is 16.5. The van der Waals surface area contributed by atoms with E-state index in [-0.39, 0.29) is 46.3 Å². The summed E-state index contributed by atoms with van der Waals surface area (Å²) in [4.78, 5) is 24.1. The minimum absolute atomic E-state index is 0.0937. The number of phenols is 2. The lowest BCUT2D eigenvalue weighted by Crippen LogP contribution is -2.23. The molecule has 206 valence electrons. The number of amides is 2. The molecule has 0 unspecified atom stereocenters. The fraction of sp³-hybridized carbons (Fsp3) is 0.357. The smallest absolute Gasteiger partial charge is 0.243 e. The minimum atomic E-state index is -0.223. The van der Waals surface area contributed by atoms with Crippen LogP contribution < -0.4 is 29.6 Å². The van der Waals surface area contributed by atoms with Crippen LogP contribution in [-0.2, 0) is 9.59 Å². The SMILES string of the molecule is COc1cc(/C=C/C(=O)NCCCCCCNC(=O)/C=C/c2cc(OC)c(O)c(OC)c2)cc(OC)c1O. The Labute approximate surface area is 222 Å².